The Morgan fingerprint density at radius 2 is 2.22 bits per heavy atom. The van der Waals surface area contributed by atoms with E-state index in [4.69, 9.17) is 10.3 Å². The largest absolute Gasteiger partial charge is 0.461 e. The molecule has 0 radical (unpaired) electrons. The highest BCUT2D eigenvalue weighted by molar-refractivity contribution is 6.05. The van der Waals surface area contributed by atoms with Crippen LogP contribution in [-0.2, 0) is 11.8 Å². The molecular formula is C12H12N4O2. The van der Waals surface area contributed by atoms with E-state index in [0.29, 0.717) is 5.69 Å². The summed E-state index contributed by atoms with van der Waals surface area (Å²) in [4.78, 5) is 14.7. The van der Waals surface area contributed by atoms with Crippen molar-refractivity contribution in [2.75, 3.05) is 6.61 Å². The molecule has 0 aliphatic rings. The molecule has 1 aromatic carbocycles. The molecule has 92 valence electrons. The SMILES string of the molecule is CCOC(=O)c1c(N=[N+]=[N-])c2ccccc2n1C. The summed E-state index contributed by atoms with van der Waals surface area (Å²) < 4.78 is 6.66. The Morgan fingerprint density at radius 3 is 2.89 bits per heavy atom. The van der Waals surface area contributed by atoms with Crippen molar-refractivity contribution in [1.29, 1.82) is 0 Å². The number of hydrogen-bond donors (Lipinski definition) is 0. The number of para-hydroxylation sites is 1. The monoisotopic (exact) mass is 244 g/mol. The van der Waals surface area contributed by atoms with E-state index in [0.717, 1.165) is 10.9 Å². The fraction of sp³-hybridized carbons (Fsp3) is 0.250. The molecule has 0 bridgehead atoms. The zero-order valence-electron chi connectivity index (χ0n) is 10.1. The Balaban J connectivity index is 2.77. The summed E-state index contributed by atoms with van der Waals surface area (Å²) in [5.41, 5.74) is 10.0. The number of benzene rings is 1. The van der Waals surface area contributed by atoms with E-state index in [1.54, 1.807) is 18.5 Å². The summed E-state index contributed by atoms with van der Waals surface area (Å²) in [5.74, 6) is -0.487. The van der Waals surface area contributed by atoms with Crippen LogP contribution in [0.3, 0.4) is 0 Å². The van der Waals surface area contributed by atoms with Gasteiger partial charge >= 0.3 is 5.97 Å². The van der Waals surface area contributed by atoms with Gasteiger partial charge in [0.05, 0.1) is 12.3 Å². The molecule has 1 heterocycles. The number of rotatable bonds is 3. The average Bonchev–Trinajstić information content (AvgIpc) is 2.65. The molecule has 0 atom stereocenters. The number of fused-ring (bicyclic) bond motifs is 1. The van der Waals surface area contributed by atoms with Gasteiger partial charge in [-0.1, -0.05) is 23.3 Å². The van der Waals surface area contributed by atoms with Crippen molar-refractivity contribution in [2.24, 2.45) is 12.2 Å². The first-order chi connectivity index (χ1) is 8.70. The van der Waals surface area contributed by atoms with E-state index >= 15 is 0 Å². The molecule has 0 spiro atoms. The van der Waals surface area contributed by atoms with Gasteiger partial charge < -0.3 is 9.30 Å². The van der Waals surface area contributed by atoms with Crippen LogP contribution in [0.25, 0.3) is 21.3 Å². The molecular weight excluding hydrogens is 232 g/mol. The van der Waals surface area contributed by atoms with Gasteiger partial charge in [0.15, 0.2) is 0 Å². The minimum absolute atomic E-state index is 0.274. The summed E-state index contributed by atoms with van der Waals surface area (Å²) >= 11 is 0. The smallest absolute Gasteiger partial charge is 0.355 e. The second-order valence-corrected chi connectivity index (χ2v) is 3.68. The maximum Gasteiger partial charge on any atom is 0.355 e. The van der Waals surface area contributed by atoms with Crippen LogP contribution in [0.2, 0.25) is 0 Å². The van der Waals surface area contributed by atoms with Crippen LogP contribution < -0.4 is 0 Å². The molecule has 1 aromatic heterocycles. The van der Waals surface area contributed by atoms with Crippen molar-refractivity contribution in [1.82, 2.24) is 4.57 Å². The first kappa shape index (κ1) is 12.0. The Labute approximate surface area is 103 Å². The Kier molecular flexibility index (Phi) is 3.21. The molecule has 0 fully saturated rings. The molecule has 2 aromatic rings. The fourth-order valence-electron chi connectivity index (χ4n) is 1.95. The van der Waals surface area contributed by atoms with E-state index in [1.807, 2.05) is 24.3 Å². The van der Waals surface area contributed by atoms with Crippen LogP contribution in [0.4, 0.5) is 5.69 Å². The molecule has 6 heteroatoms. The summed E-state index contributed by atoms with van der Waals surface area (Å²) in [5, 5.41) is 4.35. The zero-order valence-corrected chi connectivity index (χ0v) is 10.1. The molecule has 2 rings (SSSR count). The Morgan fingerprint density at radius 1 is 1.50 bits per heavy atom. The molecule has 18 heavy (non-hydrogen) atoms. The lowest BCUT2D eigenvalue weighted by Gasteiger charge is -2.04. The standard InChI is InChI=1S/C12H12N4O2/c1-3-18-12(17)11-10(14-15-13)8-6-4-5-7-9(8)16(11)2/h4-7H,3H2,1-2H3. The Bertz CT molecular complexity index is 653. The van der Waals surface area contributed by atoms with Crippen LogP contribution in [0, 0.1) is 0 Å². The molecule has 0 saturated heterocycles. The third kappa shape index (κ3) is 1.78. The molecule has 0 aliphatic carbocycles. The molecule has 0 N–H and O–H groups in total. The lowest BCUT2D eigenvalue weighted by atomic mass is 10.2. The van der Waals surface area contributed by atoms with Crippen molar-refractivity contribution in [3.63, 3.8) is 0 Å². The van der Waals surface area contributed by atoms with Gasteiger partial charge in [-0.15, -0.1) is 0 Å². The maximum atomic E-state index is 11.9. The number of azide groups is 1. The number of ether oxygens (including phenoxy) is 1. The van der Waals surface area contributed by atoms with Gasteiger partial charge in [-0.2, -0.15) is 0 Å². The zero-order chi connectivity index (χ0) is 13.1. The highest BCUT2D eigenvalue weighted by atomic mass is 16.5. The van der Waals surface area contributed by atoms with Crippen molar-refractivity contribution in [3.8, 4) is 0 Å². The number of hydrogen-bond acceptors (Lipinski definition) is 3. The van der Waals surface area contributed by atoms with Crippen LogP contribution >= 0.6 is 0 Å². The second-order valence-electron chi connectivity index (χ2n) is 3.68. The van der Waals surface area contributed by atoms with E-state index in [1.165, 1.54) is 0 Å². The topological polar surface area (TPSA) is 80.0 Å². The van der Waals surface area contributed by atoms with Crippen LogP contribution in [0.15, 0.2) is 29.4 Å². The molecule has 0 saturated carbocycles. The van der Waals surface area contributed by atoms with E-state index in [2.05, 4.69) is 10.0 Å². The summed E-state index contributed by atoms with van der Waals surface area (Å²) in [7, 11) is 1.74. The number of aromatic nitrogens is 1. The predicted octanol–water partition coefficient (Wildman–Crippen LogP) is 3.30. The number of carbonyl (C=O) groups excluding carboxylic acids is 1. The predicted molar refractivity (Wildman–Crippen MR) is 67.7 cm³/mol. The first-order valence-corrected chi connectivity index (χ1v) is 5.50. The fourth-order valence-corrected chi connectivity index (χ4v) is 1.95. The quantitative estimate of drug-likeness (QED) is 0.359. The van der Waals surface area contributed by atoms with Gasteiger partial charge in [0.25, 0.3) is 0 Å². The maximum absolute atomic E-state index is 11.9. The van der Waals surface area contributed by atoms with Crippen molar-refractivity contribution >= 4 is 22.6 Å². The van der Waals surface area contributed by atoms with E-state index < -0.39 is 5.97 Å². The lowest BCUT2D eigenvalue weighted by Crippen LogP contribution is -2.09. The molecule has 0 amide bonds. The minimum atomic E-state index is -0.487. The van der Waals surface area contributed by atoms with Gasteiger partial charge in [-0.05, 0) is 18.5 Å². The first-order valence-electron chi connectivity index (χ1n) is 5.50. The minimum Gasteiger partial charge on any atom is -0.461 e. The third-order valence-corrected chi connectivity index (χ3v) is 2.69. The van der Waals surface area contributed by atoms with Gasteiger partial charge in [0.1, 0.15) is 5.69 Å². The average molecular weight is 244 g/mol. The lowest BCUT2D eigenvalue weighted by molar-refractivity contribution is 0.0517. The van der Waals surface area contributed by atoms with Crippen LogP contribution in [0.1, 0.15) is 17.4 Å². The third-order valence-electron chi connectivity index (χ3n) is 2.69. The highest BCUT2D eigenvalue weighted by Gasteiger charge is 2.20. The number of esters is 1. The van der Waals surface area contributed by atoms with Gasteiger partial charge in [0, 0.05) is 22.9 Å². The number of carbonyl (C=O) groups is 1. The molecule has 0 unspecified atom stereocenters. The van der Waals surface area contributed by atoms with Gasteiger partial charge in [-0.3, -0.25) is 0 Å². The normalized spacial score (nSPS) is 10.1. The summed E-state index contributed by atoms with van der Waals surface area (Å²) in [6.07, 6.45) is 0. The van der Waals surface area contributed by atoms with Crippen molar-refractivity contribution in [3.05, 3.63) is 40.4 Å². The summed E-state index contributed by atoms with van der Waals surface area (Å²) in [6.45, 7) is 2.00. The van der Waals surface area contributed by atoms with Gasteiger partial charge in [-0.25, -0.2) is 4.79 Å². The van der Waals surface area contributed by atoms with Crippen molar-refractivity contribution in [2.45, 2.75) is 6.92 Å². The van der Waals surface area contributed by atoms with Crippen molar-refractivity contribution < 1.29 is 9.53 Å². The van der Waals surface area contributed by atoms with E-state index in [-0.39, 0.29) is 12.3 Å². The molecule has 6 nitrogen and oxygen atoms in total. The summed E-state index contributed by atoms with van der Waals surface area (Å²) in [6, 6.07) is 7.35. The second kappa shape index (κ2) is 4.81. The Hall–Kier alpha value is -2.46. The molecule has 0 aliphatic heterocycles. The number of aryl methyl sites for hydroxylation is 1. The van der Waals surface area contributed by atoms with Gasteiger partial charge in [0.2, 0.25) is 0 Å². The number of nitrogens with zero attached hydrogens (tertiary/aromatic N) is 4. The highest BCUT2D eigenvalue weighted by Crippen LogP contribution is 2.33. The van der Waals surface area contributed by atoms with Crippen LogP contribution in [-0.4, -0.2) is 17.1 Å². The van der Waals surface area contributed by atoms with E-state index in [9.17, 15) is 4.79 Å². The van der Waals surface area contributed by atoms with Crippen LogP contribution in [0.5, 0.6) is 0 Å².